The van der Waals surface area contributed by atoms with Crippen molar-refractivity contribution in [2.45, 2.75) is 45.7 Å². The van der Waals surface area contributed by atoms with Crippen molar-refractivity contribution in [2.24, 2.45) is 5.92 Å². The van der Waals surface area contributed by atoms with Crippen LogP contribution >= 0.6 is 0 Å². The molecular weight excluding hydrogens is 254 g/mol. The lowest BCUT2D eigenvalue weighted by molar-refractivity contribution is -0.141. The van der Waals surface area contributed by atoms with Crippen LogP contribution in [0, 0.1) is 5.92 Å². The number of ether oxygens (including phenoxy) is 1. The molecule has 0 spiro atoms. The molecule has 2 atom stereocenters. The summed E-state index contributed by atoms with van der Waals surface area (Å²) in [6.45, 7) is 6.07. The molecular formula is C16H23NO3. The third-order valence-electron chi connectivity index (χ3n) is 4.04. The minimum Gasteiger partial charge on any atom is -0.496 e. The third kappa shape index (κ3) is 2.60. The standard InChI is InChI=1S/C16H23NO3/c1-10(2)17-12(8-11(3)16(18)19)9-13-14(17)6-5-7-15(13)20-4/h5-7,10-12H,8-9H2,1-4H3,(H,18,19). The van der Waals surface area contributed by atoms with Gasteiger partial charge >= 0.3 is 5.97 Å². The lowest BCUT2D eigenvalue weighted by atomic mass is 9.98. The molecule has 20 heavy (non-hydrogen) atoms. The fourth-order valence-corrected chi connectivity index (χ4v) is 3.13. The molecule has 0 radical (unpaired) electrons. The molecule has 1 aromatic carbocycles. The molecule has 0 fully saturated rings. The quantitative estimate of drug-likeness (QED) is 0.899. The van der Waals surface area contributed by atoms with E-state index in [9.17, 15) is 4.79 Å². The lowest BCUT2D eigenvalue weighted by Gasteiger charge is -2.32. The molecule has 110 valence electrons. The number of anilines is 1. The highest BCUT2D eigenvalue weighted by molar-refractivity contribution is 5.70. The smallest absolute Gasteiger partial charge is 0.306 e. The first-order chi connectivity index (χ1) is 9.45. The molecule has 0 saturated heterocycles. The van der Waals surface area contributed by atoms with E-state index in [1.165, 1.54) is 11.3 Å². The maximum Gasteiger partial charge on any atom is 0.306 e. The molecule has 4 heteroatoms. The SMILES string of the molecule is COc1cccc2c1CC(CC(C)C(=O)O)N2C(C)C. The summed E-state index contributed by atoms with van der Waals surface area (Å²) in [4.78, 5) is 13.4. The maximum absolute atomic E-state index is 11.1. The Hall–Kier alpha value is -1.71. The van der Waals surface area contributed by atoms with Gasteiger partial charge in [-0.25, -0.2) is 0 Å². The van der Waals surface area contributed by atoms with Gasteiger partial charge in [0.05, 0.1) is 13.0 Å². The van der Waals surface area contributed by atoms with Gasteiger partial charge in [-0.2, -0.15) is 0 Å². The Morgan fingerprint density at radius 1 is 1.45 bits per heavy atom. The second kappa shape index (κ2) is 5.73. The van der Waals surface area contributed by atoms with Crippen LogP contribution in [-0.4, -0.2) is 30.3 Å². The van der Waals surface area contributed by atoms with Crippen molar-refractivity contribution in [3.05, 3.63) is 23.8 Å². The first-order valence-corrected chi connectivity index (χ1v) is 7.12. The van der Waals surface area contributed by atoms with E-state index < -0.39 is 5.97 Å². The van der Waals surface area contributed by atoms with Crippen LogP contribution < -0.4 is 9.64 Å². The minimum atomic E-state index is -0.725. The molecule has 2 rings (SSSR count). The Morgan fingerprint density at radius 2 is 2.15 bits per heavy atom. The first-order valence-electron chi connectivity index (χ1n) is 7.12. The second-order valence-corrected chi connectivity index (χ2v) is 5.79. The summed E-state index contributed by atoms with van der Waals surface area (Å²) in [6.07, 6.45) is 1.51. The molecule has 1 aromatic rings. The highest BCUT2D eigenvalue weighted by atomic mass is 16.5. The zero-order valence-electron chi connectivity index (χ0n) is 12.6. The number of hydrogen-bond acceptors (Lipinski definition) is 3. The monoisotopic (exact) mass is 277 g/mol. The van der Waals surface area contributed by atoms with E-state index in [-0.39, 0.29) is 12.0 Å². The Bertz CT molecular complexity index is 498. The number of benzene rings is 1. The first kappa shape index (κ1) is 14.7. The van der Waals surface area contributed by atoms with E-state index in [2.05, 4.69) is 24.8 Å². The van der Waals surface area contributed by atoms with Gasteiger partial charge in [-0.15, -0.1) is 0 Å². The highest BCUT2D eigenvalue weighted by Gasteiger charge is 2.34. The second-order valence-electron chi connectivity index (χ2n) is 5.79. The van der Waals surface area contributed by atoms with E-state index in [0.29, 0.717) is 12.5 Å². The molecule has 0 aromatic heterocycles. The van der Waals surface area contributed by atoms with Crippen LogP contribution in [0.4, 0.5) is 5.69 Å². The number of rotatable bonds is 5. The summed E-state index contributed by atoms with van der Waals surface area (Å²) in [6, 6.07) is 6.64. The van der Waals surface area contributed by atoms with Gasteiger partial charge in [0.25, 0.3) is 0 Å². The molecule has 2 unspecified atom stereocenters. The van der Waals surface area contributed by atoms with Crippen molar-refractivity contribution in [1.82, 2.24) is 0 Å². The molecule has 1 heterocycles. The molecule has 0 bridgehead atoms. The fourth-order valence-electron chi connectivity index (χ4n) is 3.13. The van der Waals surface area contributed by atoms with E-state index >= 15 is 0 Å². The predicted molar refractivity (Wildman–Crippen MR) is 79.5 cm³/mol. The summed E-state index contributed by atoms with van der Waals surface area (Å²) < 4.78 is 5.44. The maximum atomic E-state index is 11.1. The van der Waals surface area contributed by atoms with Gasteiger partial charge in [-0.3, -0.25) is 4.79 Å². The summed E-state index contributed by atoms with van der Waals surface area (Å²) in [5.74, 6) is -0.156. The summed E-state index contributed by atoms with van der Waals surface area (Å²) in [7, 11) is 1.68. The van der Waals surface area contributed by atoms with Crippen molar-refractivity contribution in [2.75, 3.05) is 12.0 Å². The van der Waals surface area contributed by atoms with Gasteiger partial charge in [0, 0.05) is 23.3 Å². The number of carbonyl (C=O) groups is 1. The molecule has 1 N–H and O–H groups in total. The van der Waals surface area contributed by atoms with Crippen LogP contribution in [-0.2, 0) is 11.2 Å². The van der Waals surface area contributed by atoms with Crippen molar-refractivity contribution < 1.29 is 14.6 Å². The number of carboxylic acids is 1. The average Bonchev–Trinajstić information content (AvgIpc) is 2.76. The Labute approximate surface area is 120 Å². The van der Waals surface area contributed by atoms with Crippen molar-refractivity contribution in [3.8, 4) is 5.75 Å². The van der Waals surface area contributed by atoms with Crippen LogP contribution in [0.15, 0.2) is 18.2 Å². The normalized spacial score (nSPS) is 19.1. The van der Waals surface area contributed by atoms with Crippen molar-refractivity contribution >= 4 is 11.7 Å². The van der Waals surface area contributed by atoms with Crippen LogP contribution in [0.25, 0.3) is 0 Å². The summed E-state index contributed by atoms with van der Waals surface area (Å²) in [5, 5.41) is 9.14. The van der Waals surface area contributed by atoms with Crippen LogP contribution in [0.3, 0.4) is 0 Å². The number of nitrogens with zero attached hydrogens (tertiary/aromatic N) is 1. The van der Waals surface area contributed by atoms with Gasteiger partial charge in [-0.1, -0.05) is 13.0 Å². The van der Waals surface area contributed by atoms with Crippen molar-refractivity contribution in [1.29, 1.82) is 0 Å². The summed E-state index contributed by atoms with van der Waals surface area (Å²) >= 11 is 0. The van der Waals surface area contributed by atoms with Gasteiger partial charge < -0.3 is 14.7 Å². The average molecular weight is 277 g/mol. The fraction of sp³-hybridized carbons (Fsp3) is 0.562. The van der Waals surface area contributed by atoms with Gasteiger partial charge in [0.2, 0.25) is 0 Å². The highest BCUT2D eigenvalue weighted by Crippen LogP contribution is 2.41. The molecule has 0 aliphatic carbocycles. The zero-order chi connectivity index (χ0) is 14.9. The van der Waals surface area contributed by atoms with Crippen LogP contribution in [0.2, 0.25) is 0 Å². The largest absolute Gasteiger partial charge is 0.496 e. The van der Waals surface area contributed by atoms with Crippen LogP contribution in [0.5, 0.6) is 5.75 Å². The molecule has 0 saturated carbocycles. The van der Waals surface area contributed by atoms with E-state index in [4.69, 9.17) is 9.84 Å². The Balaban J connectivity index is 2.31. The number of hydrogen-bond donors (Lipinski definition) is 1. The molecule has 1 aliphatic heterocycles. The number of carboxylic acid groups (broad SMARTS) is 1. The molecule has 4 nitrogen and oxygen atoms in total. The van der Waals surface area contributed by atoms with Gasteiger partial charge in [0.15, 0.2) is 0 Å². The molecule has 1 aliphatic rings. The lowest BCUT2D eigenvalue weighted by Crippen LogP contribution is -2.39. The third-order valence-corrected chi connectivity index (χ3v) is 4.04. The topological polar surface area (TPSA) is 49.8 Å². The Kier molecular flexibility index (Phi) is 4.21. The summed E-state index contributed by atoms with van der Waals surface area (Å²) in [5.41, 5.74) is 2.38. The predicted octanol–water partition coefficient (Wildman–Crippen LogP) is 2.95. The van der Waals surface area contributed by atoms with E-state index in [1.807, 2.05) is 12.1 Å². The number of fused-ring (bicyclic) bond motifs is 1. The minimum absolute atomic E-state index is 0.229. The number of aliphatic carboxylic acids is 1. The van der Waals surface area contributed by atoms with Crippen LogP contribution in [0.1, 0.15) is 32.8 Å². The molecule has 0 amide bonds. The number of methoxy groups -OCH3 is 1. The van der Waals surface area contributed by atoms with E-state index in [1.54, 1.807) is 14.0 Å². The van der Waals surface area contributed by atoms with Crippen molar-refractivity contribution in [3.63, 3.8) is 0 Å². The van der Waals surface area contributed by atoms with Gasteiger partial charge in [0.1, 0.15) is 5.75 Å². The Morgan fingerprint density at radius 3 is 2.70 bits per heavy atom. The van der Waals surface area contributed by atoms with Gasteiger partial charge in [-0.05, 0) is 38.8 Å². The van der Waals surface area contributed by atoms with E-state index in [0.717, 1.165) is 12.2 Å². The zero-order valence-corrected chi connectivity index (χ0v) is 12.6.